The molecule has 2 N–H and O–H groups in total. The summed E-state index contributed by atoms with van der Waals surface area (Å²) in [6, 6.07) is 3.28. The van der Waals surface area contributed by atoms with Crippen LogP contribution >= 0.6 is 0 Å². The van der Waals surface area contributed by atoms with E-state index in [4.69, 9.17) is 9.52 Å². The molecule has 17 heavy (non-hydrogen) atoms. The van der Waals surface area contributed by atoms with Crippen molar-refractivity contribution < 1.29 is 14.3 Å². The smallest absolute Gasteiger partial charge is 0.371 e. The zero-order valence-corrected chi connectivity index (χ0v) is 10.3. The van der Waals surface area contributed by atoms with Gasteiger partial charge in [-0.05, 0) is 37.3 Å². The molecule has 4 heteroatoms. The lowest BCUT2D eigenvalue weighted by Crippen LogP contribution is -2.38. The Balaban J connectivity index is 1.90. The maximum Gasteiger partial charge on any atom is 0.371 e. The van der Waals surface area contributed by atoms with Gasteiger partial charge in [0.25, 0.3) is 0 Å². The molecule has 4 nitrogen and oxygen atoms in total. The van der Waals surface area contributed by atoms with E-state index < -0.39 is 5.97 Å². The number of hydrogen-bond acceptors (Lipinski definition) is 3. The van der Waals surface area contributed by atoms with Gasteiger partial charge in [-0.2, -0.15) is 0 Å². The van der Waals surface area contributed by atoms with Crippen molar-refractivity contribution in [2.45, 2.75) is 39.2 Å². The average molecular weight is 237 g/mol. The number of furan rings is 1. The third-order valence-corrected chi connectivity index (χ3v) is 3.66. The third kappa shape index (κ3) is 2.69. The molecule has 0 aromatic carbocycles. The van der Waals surface area contributed by atoms with Gasteiger partial charge in [0.05, 0.1) is 6.04 Å². The van der Waals surface area contributed by atoms with Gasteiger partial charge in [-0.25, -0.2) is 4.79 Å². The van der Waals surface area contributed by atoms with Gasteiger partial charge in [0, 0.05) is 6.54 Å². The van der Waals surface area contributed by atoms with Crippen molar-refractivity contribution in [3.63, 3.8) is 0 Å². The Hall–Kier alpha value is -1.29. The molecule has 1 aliphatic carbocycles. The molecule has 1 aliphatic rings. The summed E-state index contributed by atoms with van der Waals surface area (Å²) >= 11 is 0. The number of nitrogens with one attached hydrogen (secondary N) is 1. The monoisotopic (exact) mass is 237 g/mol. The van der Waals surface area contributed by atoms with Crippen molar-refractivity contribution in [1.82, 2.24) is 5.32 Å². The average Bonchev–Trinajstić information content (AvgIpc) is 2.72. The van der Waals surface area contributed by atoms with E-state index in [9.17, 15) is 4.79 Å². The highest BCUT2D eigenvalue weighted by atomic mass is 16.4. The van der Waals surface area contributed by atoms with Gasteiger partial charge in [0.2, 0.25) is 5.76 Å². The minimum absolute atomic E-state index is 0.00325. The second kappa shape index (κ2) is 4.53. The number of carboxylic acid groups (broad SMARTS) is 1. The van der Waals surface area contributed by atoms with Gasteiger partial charge in [0.15, 0.2) is 0 Å². The van der Waals surface area contributed by atoms with Crippen LogP contribution in [0, 0.1) is 5.41 Å². The molecule has 1 atom stereocenters. The topological polar surface area (TPSA) is 62.5 Å². The lowest BCUT2D eigenvalue weighted by Gasteiger charge is -2.39. The highest BCUT2D eigenvalue weighted by Gasteiger charge is 2.31. The Morgan fingerprint density at radius 1 is 1.59 bits per heavy atom. The van der Waals surface area contributed by atoms with Gasteiger partial charge in [-0.3, -0.25) is 0 Å². The number of carboxylic acids is 1. The maximum atomic E-state index is 10.7. The minimum atomic E-state index is -1.02. The standard InChI is InChI=1S/C13H19NO3/c1-9(14-8-13(2)6-3-7-13)10-4-5-11(17-10)12(15)16/h4-5,9,14H,3,6-8H2,1-2H3,(H,15,16). The first-order valence-corrected chi connectivity index (χ1v) is 6.07. The van der Waals surface area contributed by atoms with Gasteiger partial charge in [0.1, 0.15) is 5.76 Å². The molecule has 2 rings (SSSR count). The van der Waals surface area contributed by atoms with Crippen LogP contribution in [0.15, 0.2) is 16.5 Å². The molecule has 1 unspecified atom stereocenters. The number of rotatable bonds is 5. The maximum absolute atomic E-state index is 10.7. The Morgan fingerprint density at radius 3 is 2.76 bits per heavy atom. The normalized spacial score (nSPS) is 19.6. The summed E-state index contributed by atoms with van der Waals surface area (Å²) in [7, 11) is 0. The van der Waals surface area contributed by atoms with Crippen LogP contribution in [0.4, 0.5) is 0 Å². The lowest BCUT2D eigenvalue weighted by molar-refractivity contribution is 0.0659. The highest BCUT2D eigenvalue weighted by molar-refractivity contribution is 5.84. The molecule has 0 amide bonds. The fourth-order valence-electron chi connectivity index (χ4n) is 2.16. The predicted octanol–water partition coefficient (Wildman–Crippen LogP) is 2.82. The largest absolute Gasteiger partial charge is 0.475 e. The Kier molecular flexibility index (Phi) is 3.24. The van der Waals surface area contributed by atoms with Gasteiger partial charge < -0.3 is 14.8 Å². The molecule has 1 heterocycles. The zero-order chi connectivity index (χ0) is 12.5. The summed E-state index contributed by atoms with van der Waals surface area (Å²) in [4.78, 5) is 10.7. The summed E-state index contributed by atoms with van der Waals surface area (Å²) in [6.45, 7) is 5.23. The van der Waals surface area contributed by atoms with Crippen LogP contribution in [0.1, 0.15) is 55.5 Å². The summed E-state index contributed by atoms with van der Waals surface area (Å²) in [6.07, 6.45) is 3.85. The highest BCUT2D eigenvalue weighted by Crippen LogP contribution is 2.39. The number of carbonyl (C=O) groups is 1. The van der Waals surface area contributed by atoms with E-state index in [-0.39, 0.29) is 11.8 Å². The van der Waals surface area contributed by atoms with Crippen LogP contribution in [0.25, 0.3) is 0 Å². The van der Waals surface area contributed by atoms with Crippen LogP contribution in [-0.2, 0) is 0 Å². The molecule has 1 aromatic heterocycles. The van der Waals surface area contributed by atoms with E-state index in [1.54, 1.807) is 6.07 Å². The first-order valence-electron chi connectivity index (χ1n) is 6.07. The zero-order valence-electron chi connectivity index (χ0n) is 10.3. The molecule has 94 valence electrons. The van der Waals surface area contributed by atoms with Crippen molar-refractivity contribution in [2.24, 2.45) is 5.41 Å². The van der Waals surface area contributed by atoms with Crippen LogP contribution < -0.4 is 5.32 Å². The van der Waals surface area contributed by atoms with Crippen LogP contribution in [0.5, 0.6) is 0 Å². The van der Waals surface area contributed by atoms with E-state index in [0.717, 1.165) is 6.54 Å². The number of aromatic carboxylic acids is 1. The van der Waals surface area contributed by atoms with Crippen molar-refractivity contribution in [2.75, 3.05) is 6.54 Å². The van der Waals surface area contributed by atoms with Crippen molar-refractivity contribution in [3.8, 4) is 0 Å². The van der Waals surface area contributed by atoms with Crippen LogP contribution in [0.3, 0.4) is 0 Å². The van der Waals surface area contributed by atoms with Crippen LogP contribution in [0.2, 0.25) is 0 Å². The Bertz CT molecular complexity index is 407. The molecule has 0 radical (unpaired) electrons. The SMILES string of the molecule is CC(NCC1(C)CCC1)c1ccc(C(=O)O)o1. The first kappa shape index (κ1) is 12.2. The van der Waals surface area contributed by atoms with E-state index in [1.165, 1.54) is 25.3 Å². The second-order valence-electron chi connectivity index (χ2n) is 5.27. The van der Waals surface area contributed by atoms with E-state index >= 15 is 0 Å². The summed E-state index contributed by atoms with van der Waals surface area (Å²) in [5.74, 6) is -0.330. The minimum Gasteiger partial charge on any atom is -0.475 e. The fourth-order valence-corrected chi connectivity index (χ4v) is 2.16. The molecular weight excluding hydrogens is 218 g/mol. The second-order valence-corrected chi connectivity index (χ2v) is 5.27. The number of hydrogen-bond donors (Lipinski definition) is 2. The van der Waals surface area contributed by atoms with E-state index in [0.29, 0.717) is 11.2 Å². The third-order valence-electron chi connectivity index (χ3n) is 3.66. The first-order chi connectivity index (χ1) is 8.00. The molecule has 1 aromatic rings. The quantitative estimate of drug-likeness (QED) is 0.826. The Labute approximate surface area is 101 Å². The van der Waals surface area contributed by atoms with Crippen molar-refractivity contribution in [3.05, 3.63) is 23.7 Å². The summed E-state index contributed by atoms with van der Waals surface area (Å²) in [5, 5.41) is 12.2. The molecule has 0 saturated heterocycles. The van der Waals surface area contributed by atoms with Gasteiger partial charge in [-0.1, -0.05) is 13.3 Å². The van der Waals surface area contributed by atoms with Gasteiger partial charge >= 0.3 is 5.97 Å². The Morgan fingerprint density at radius 2 is 2.29 bits per heavy atom. The molecule has 1 fully saturated rings. The molecule has 0 spiro atoms. The molecule has 0 aliphatic heterocycles. The fraction of sp³-hybridized carbons (Fsp3) is 0.615. The van der Waals surface area contributed by atoms with Gasteiger partial charge in [-0.15, -0.1) is 0 Å². The summed E-state index contributed by atoms with van der Waals surface area (Å²) < 4.78 is 5.26. The summed E-state index contributed by atoms with van der Waals surface area (Å²) in [5.41, 5.74) is 0.413. The lowest BCUT2D eigenvalue weighted by atomic mass is 9.70. The molecular formula is C13H19NO3. The van der Waals surface area contributed by atoms with E-state index in [1.807, 2.05) is 6.92 Å². The van der Waals surface area contributed by atoms with Crippen molar-refractivity contribution >= 4 is 5.97 Å². The molecule has 1 saturated carbocycles. The predicted molar refractivity (Wildman–Crippen MR) is 64.0 cm³/mol. The van der Waals surface area contributed by atoms with Crippen LogP contribution in [-0.4, -0.2) is 17.6 Å². The molecule has 0 bridgehead atoms. The van der Waals surface area contributed by atoms with Crippen molar-refractivity contribution in [1.29, 1.82) is 0 Å². The van der Waals surface area contributed by atoms with E-state index in [2.05, 4.69) is 12.2 Å².